The Morgan fingerprint density at radius 1 is 1.14 bits per heavy atom. The number of rotatable bonds is 1. The largest absolute Gasteiger partial charge is 0.366 e. The maximum atomic E-state index is 4.30. The Bertz CT molecular complexity index is 701. The minimum Gasteiger partial charge on any atom is -0.366 e. The number of benzene rings is 1. The van der Waals surface area contributed by atoms with Crippen LogP contribution in [-0.2, 0) is 12.5 Å². The van der Waals surface area contributed by atoms with Crippen LogP contribution in [0.25, 0.3) is 11.1 Å². The fourth-order valence-corrected chi connectivity index (χ4v) is 3.60. The highest BCUT2D eigenvalue weighted by Crippen LogP contribution is 2.58. The smallest absolute Gasteiger partial charge is 0.0568 e. The lowest BCUT2D eigenvalue weighted by Crippen LogP contribution is -2.41. The highest BCUT2D eigenvalue weighted by Gasteiger charge is 2.53. The molecule has 0 unspecified atom stereocenters. The zero-order chi connectivity index (χ0) is 14.8. The van der Waals surface area contributed by atoms with Gasteiger partial charge >= 0.3 is 0 Å². The van der Waals surface area contributed by atoms with Crippen molar-refractivity contribution in [1.29, 1.82) is 0 Å². The van der Waals surface area contributed by atoms with E-state index in [0.29, 0.717) is 5.41 Å². The van der Waals surface area contributed by atoms with Crippen molar-refractivity contribution in [2.45, 2.75) is 44.6 Å². The van der Waals surface area contributed by atoms with Crippen molar-refractivity contribution in [3.05, 3.63) is 36.2 Å². The molecule has 1 aromatic heterocycles. The van der Waals surface area contributed by atoms with Crippen molar-refractivity contribution in [2.24, 2.45) is 7.05 Å². The molecule has 3 nitrogen and oxygen atoms in total. The Labute approximate surface area is 126 Å². The summed E-state index contributed by atoms with van der Waals surface area (Å²) in [4.78, 5) is 2.59. The zero-order valence-electron chi connectivity index (χ0n) is 13.3. The summed E-state index contributed by atoms with van der Waals surface area (Å²) in [5.41, 5.74) is 6.12. The van der Waals surface area contributed by atoms with Crippen LogP contribution < -0.4 is 4.90 Å². The second kappa shape index (κ2) is 3.90. The van der Waals surface area contributed by atoms with Crippen LogP contribution in [0.2, 0.25) is 0 Å². The van der Waals surface area contributed by atoms with E-state index in [0.717, 1.165) is 0 Å². The Kier molecular flexibility index (Phi) is 2.40. The summed E-state index contributed by atoms with van der Waals surface area (Å²) >= 11 is 0. The number of fused-ring (bicyclic) bond motifs is 2. The SMILES string of the molecule is Cn1cc(-c2ccc3c(c2)C2(CC2)CN3C(C)(C)C)cn1. The van der Waals surface area contributed by atoms with E-state index in [4.69, 9.17) is 0 Å². The monoisotopic (exact) mass is 281 g/mol. The molecule has 2 heterocycles. The molecule has 0 saturated heterocycles. The highest BCUT2D eigenvalue weighted by molar-refractivity contribution is 5.74. The molecule has 0 radical (unpaired) electrons. The fourth-order valence-electron chi connectivity index (χ4n) is 3.60. The van der Waals surface area contributed by atoms with Crippen molar-refractivity contribution in [3.63, 3.8) is 0 Å². The van der Waals surface area contributed by atoms with Crippen LogP contribution in [0.15, 0.2) is 30.6 Å². The van der Waals surface area contributed by atoms with Crippen LogP contribution in [0.5, 0.6) is 0 Å². The molecule has 21 heavy (non-hydrogen) atoms. The maximum absolute atomic E-state index is 4.30. The third-order valence-electron chi connectivity index (χ3n) is 5.02. The second-order valence-corrected chi connectivity index (χ2v) is 7.67. The number of hydrogen-bond donors (Lipinski definition) is 0. The van der Waals surface area contributed by atoms with E-state index in [1.165, 1.54) is 36.2 Å². The van der Waals surface area contributed by atoms with Gasteiger partial charge in [0, 0.05) is 42.0 Å². The second-order valence-electron chi connectivity index (χ2n) is 7.67. The lowest BCUT2D eigenvalue weighted by atomic mass is 9.95. The minimum absolute atomic E-state index is 0.191. The Hall–Kier alpha value is -1.77. The summed E-state index contributed by atoms with van der Waals surface area (Å²) < 4.78 is 1.87. The topological polar surface area (TPSA) is 21.1 Å². The molecule has 0 bridgehead atoms. The number of nitrogens with zero attached hydrogens (tertiary/aromatic N) is 3. The van der Waals surface area contributed by atoms with E-state index in [1.807, 2.05) is 17.9 Å². The van der Waals surface area contributed by atoms with Crippen LogP contribution in [-0.4, -0.2) is 21.9 Å². The van der Waals surface area contributed by atoms with E-state index >= 15 is 0 Å². The van der Waals surface area contributed by atoms with E-state index in [1.54, 1.807) is 5.56 Å². The average molecular weight is 281 g/mol. The number of aryl methyl sites for hydroxylation is 1. The van der Waals surface area contributed by atoms with Crippen LogP contribution in [0.3, 0.4) is 0 Å². The molecule has 0 N–H and O–H groups in total. The third-order valence-corrected chi connectivity index (χ3v) is 5.02. The van der Waals surface area contributed by atoms with Gasteiger partial charge in [0.2, 0.25) is 0 Å². The first-order valence-corrected chi connectivity index (χ1v) is 7.80. The summed E-state index contributed by atoms with van der Waals surface area (Å²) in [5, 5.41) is 4.30. The fraction of sp³-hybridized carbons (Fsp3) is 0.500. The standard InChI is InChI=1S/C18H23N3/c1-17(2,3)21-12-18(7-8-18)15-9-13(5-6-16(15)21)14-10-19-20(4)11-14/h5-6,9-11H,7-8,12H2,1-4H3. The normalized spacial score (nSPS) is 19.1. The quantitative estimate of drug-likeness (QED) is 0.794. The molecule has 4 rings (SSSR count). The lowest BCUT2D eigenvalue weighted by molar-refractivity contribution is 0.497. The third kappa shape index (κ3) is 1.90. The Morgan fingerprint density at radius 2 is 1.90 bits per heavy atom. The van der Waals surface area contributed by atoms with Gasteiger partial charge < -0.3 is 4.90 Å². The molecule has 1 spiro atoms. The summed E-state index contributed by atoms with van der Waals surface area (Å²) in [5.74, 6) is 0. The van der Waals surface area contributed by atoms with Gasteiger partial charge in [0.1, 0.15) is 0 Å². The van der Waals surface area contributed by atoms with Crippen molar-refractivity contribution in [1.82, 2.24) is 9.78 Å². The number of hydrogen-bond acceptors (Lipinski definition) is 2. The van der Waals surface area contributed by atoms with E-state index in [9.17, 15) is 0 Å². The summed E-state index contributed by atoms with van der Waals surface area (Å²) in [6.45, 7) is 8.12. The Balaban J connectivity index is 1.82. The van der Waals surface area contributed by atoms with Gasteiger partial charge in [0.05, 0.1) is 6.20 Å². The Morgan fingerprint density at radius 3 is 2.48 bits per heavy atom. The zero-order valence-corrected chi connectivity index (χ0v) is 13.3. The molecule has 1 aromatic carbocycles. The molecule has 0 atom stereocenters. The van der Waals surface area contributed by atoms with Gasteiger partial charge in [-0.2, -0.15) is 5.10 Å². The van der Waals surface area contributed by atoms with Crippen molar-refractivity contribution < 1.29 is 0 Å². The predicted octanol–water partition coefficient (Wildman–Crippen LogP) is 3.74. The first-order valence-electron chi connectivity index (χ1n) is 7.80. The maximum Gasteiger partial charge on any atom is 0.0568 e. The summed E-state index contributed by atoms with van der Waals surface area (Å²) in [6.07, 6.45) is 6.72. The van der Waals surface area contributed by atoms with Gasteiger partial charge in [-0.15, -0.1) is 0 Å². The highest BCUT2D eigenvalue weighted by atomic mass is 15.2. The van der Waals surface area contributed by atoms with Gasteiger partial charge in [-0.1, -0.05) is 6.07 Å². The lowest BCUT2D eigenvalue weighted by Gasteiger charge is -2.35. The van der Waals surface area contributed by atoms with Crippen molar-refractivity contribution in [2.75, 3.05) is 11.4 Å². The average Bonchev–Trinajstić information content (AvgIpc) is 2.94. The van der Waals surface area contributed by atoms with Crippen LogP contribution in [0.4, 0.5) is 5.69 Å². The first kappa shape index (κ1) is 12.9. The van der Waals surface area contributed by atoms with Gasteiger partial charge in [-0.05, 0) is 56.9 Å². The number of aromatic nitrogens is 2. The molecule has 1 saturated carbocycles. The van der Waals surface area contributed by atoms with Crippen molar-refractivity contribution >= 4 is 5.69 Å². The number of anilines is 1. The van der Waals surface area contributed by atoms with Gasteiger partial charge in [-0.25, -0.2) is 0 Å². The molecule has 2 aliphatic rings. The van der Waals surface area contributed by atoms with E-state index in [-0.39, 0.29) is 5.54 Å². The van der Waals surface area contributed by atoms with E-state index in [2.05, 4.69) is 55.2 Å². The van der Waals surface area contributed by atoms with E-state index < -0.39 is 0 Å². The summed E-state index contributed by atoms with van der Waals surface area (Å²) in [7, 11) is 1.97. The molecule has 2 aromatic rings. The van der Waals surface area contributed by atoms with Crippen LogP contribution in [0.1, 0.15) is 39.2 Å². The van der Waals surface area contributed by atoms with Gasteiger partial charge in [0.15, 0.2) is 0 Å². The molecular formula is C18H23N3. The van der Waals surface area contributed by atoms with Crippen molar-refractivity contribution in [3.8, 4) is 11.1 Å². The first-order chi connectivity index (χ1) is 9.89. The summed E-state index contributed by atoms with van der Waals surface area (Å²) in [6, 6.07) is 6.97. The van der Waals surface area contributed by atoms with Gasteiger partial charge in [-0.3, -0.25) is 4.68 Å². The molecule has 0 amide bonds. The molecule has 1 aliphatic carbocycles. The minimum atomic E-state index is 0.191. The molecular weight excluding hydrogens is 258 g/mol. The molecule has 3 heteroatoms. The molecule has 1 aliphatic heterocycles. The van der Waals surface area contributed by atoms with Gasteiger partial charge in [0.25, 0.3) is 0 Å². The predicted molar refractivity (Wildman–Crippen MR) is 86.7 cm³/mol. The van der Waals surface area contributed by atoms with Crippen LogP contribution >= 0.6 is 0 Å². The molecule has 1 fully saturated rings. The molecule has 110 valence electrons. The van der Waals surface area contributed by atoms with Crippen LogP contribution in [0, 0.1) is 0 Å².